The van der Waals surface area contributed by atoms with E-state index < -0.39 is 17.6 Å². The van der Waals surface area contributed by atoms with Crippen molar-refractivity contribution < 1.29 is 18.7 Å². The summed E-state index contributed by atoms with van der Waals surface area (Å²) in [6.07, 6.45) is 8.25. The summed E-state index contributed by atoms with van der Waals surface area (Å²) in [5.74, 6) is -2.45. The molecule has 0 saturated carbocycles. The molecule has 2 aromatic rings. The topological polar surface area (TPSA) is 64.3 Å². The molecule has 0 saturated heterocycles. The normalized spacial score (nSPS) is 11.6. The van der Waals surface area contributed by atoms with Crippen molar-refractivity contribution in [3.63, 3.8) is 0 Å². The van der Waals surface area contributed by atoms with Gasteiger partial charge in [0.05, 0.1) is 0 Å². The van der Waals surface area contributed by atoms with Gasteiger partial charge in [-0.1, -0.05) is 32.8 Å². The summed E-state index contributed by atoms with van der Waals surface area (Å²) in [4.78, 5) is 14.1. The van der Waals surface area contributed by atoms with E-state index in [1.165, 1.54) is 29.5 Å². The zero-order valence-electron chi connectivity index (χ0n) is 17.7. The Bertz CT molecular complexity index is 974. The first kappa shape index (κ1) is 24.3. The van der Waals surface area contributed by atoms with Crippen LogP contribution in [0.25, 0.3) is 18.2 Å². The van der Waals surface area contributed by atoms with Gasteiger partial charge in [-0.05, 0) is 54.8 Å². The van der Waals surface area contributed by atoms with Crippen molar-refractivity contribution in [3.8, 4) is 6.07 Å². The van der Waals surface area contributed by atoms with E-state index >= 15 is 0 Å². The number of unbranched alkanes of at least 4 members (excludes halogenated alkanes) is 2. The first-order valence-corrected chi connectivity index (χ1v) is 11.1. The van der Waals surface area contributed by atoms with Crippen LogP contribution in [0.1, 0.15) is 54.8 Å². The van der Waals surface area contributed by atoms with Gasteiger partial charge in [0.1, 0.15) is 29.0 Å². The summed E-state index contributed by atoms with van der Waals surface area (Å²) in [7, 11) is 0. The van der Waals surface area contributed by atoms with E-state index in [0.717, 1.165) is 30.6 Å². The molecule has 0 spiro atoms. The van der Waals surface area contributed by atoms with Crippen molar-refractivity contribution >= 4 is 41.2 Å². The largest absolute Gasteiger partial charge is 0.477 e. The van der Waals surface area contributed by atoms with Crippen LogP contribution in [0.15, 0.2) is 29.8 Å². The lowest BCUT2D eigenvalue weighted by Gasteiger charge is -2.25. The molecule has 0 unspecified atom stereocenters. The number of hydrogen-bond acceptors (Lipinski definition) is 4. The molecule has 0 bridgehead atoms. The first-order chi connectivity index (χ1) is 14.9. The third kappa shape index (κ3) is 7.04. The third-order valence-electron chi connectivity index (χ3n) is 4.64. The summed E-state index contributed by atoms with van der Waals surface area (Å²) >= 11 is 1.27. The van der Waals surface area contributed by atoms with E-state index in [-0.39, 0.29) is 11.3 Å². The average Bonchev–Trinajstić information content (AvgIpc) is 3.18. The van der Waals surface area contributed by atoms with Crippen LogP contribution in [0.3, 0.4) is 0 Å². The summed E-state index contributed by atoms with van der Waals surface area (Å²) in [5, 5.41) is 17.8. The molecule has 0 fully saturated rings. The molecular formula is C24H26F2N2O2S. The van der Waals surface area contributed by atoms with Gasteiger partial charge >= 0.3 is 5.97 Å². The Balaban J connectivity index is 2.23. The van der Waals surface area contributed by atoms with Crippen LogP contribution in [0.5, 0.6) is 0 Å². The van der Waals surface area contributed by atoms with Gasteiger partial charge in [-0.3, -0.25) is 0 Å². The lowest BCUT2D eigenvalue weighted by Crippen LogP contribution is -2.27. The zero-order valence-corrected chi connectivity index (χ0v) is 18.5. The number of thiophene rings is 1. The second kappa shape index (κ2) is 12.0. The number of halogens is 2. The maximum atomic E-state index is 14.8. The first-order valence-electron chi connectivity index (χ1n) is 10.3. The fourth-order valence-corrected chi connectivity index (χ4v) is 3.87. The maximum absolute atomic E-state index is 14.8. The van der Waals surface area contributed by atoms with Crippen molar-refractivity contribution in [1.29, 1.82) is 5.26 Å². The minimum absolute atomic E-state index is 0.0281. The number of nitriles is 1. The minimum Gasteiger partial charge on any atom is -0.477 e. The summed E-state index contributed by atoms with van der Waals surface area (Å²) in [6, 6.07) is 7.72. The van der Waals surface area contributed by atoms with Gasteiger partial charge in [-0.25, -0.2) is 13.6 Å². The molecule has 0 radical (unpaired) electrons. The quantitative estimate of drug-likeness (QED) is 0.313. The molecule has 31 heavy (non-hydrogen) atoms. The van der Waals surface area contributed by atoms with E-state index in [9.17, 15) is 13.6 Å². The van der Waals surface area contributed by atoms with Gasteiger partial charge in [0.15, 0.2) is 0 Å². The zero-order chi connectivity index (χ0) is 22.8. The molecule has 1 aromatic heterocycles. The molecule has 1 heterocycles. The SMILES string of the molecule is CCCCN(CCCC)c1c(F)cc(/C=C/c2ccc(/C=C(\C#N)C(=O)O)s2)cc1F. The fourth-order valence-electron chi connectivity index (χ4n) is 3.01. The van der Waals surface area contributed by atoms with Crippen molar-refractivity contribution in [2.45, 2.75) is 39.5 Å². The second-order valence-electron chi connectivity index (χ2n) is 7.08. The highest BCUT2D eigenvalue weighted by Gasteiger charge is 2.17. The Hall–Kier alpha value is -2.98. The lowest BCUT2D eigenvalue weighted by atomic mass is 10.1. The van der Waals surface area contributed by atoms with Crippen LogP contribution in [0.2, 0.25) is 0 Å². The number of rotatable bonds is 11. The number of nitrogens with zero attached hydrogens (tertiary/aromatic N) is 2. The van der Waals surface area contributed by atoms with Crippen LogP contribution in [0, 0.1) is 23.0 Å². The fraction of sp³-hybridized carbons (Fsp3) is 0.333. The number of carbonyl (C=O) groups is 1. The monoisotopic (exact) mass is 444 g/mol. The van der Waals surface area contributed by atoms with Gasteiger partial charge < -0.3 is 10.0 Å². The van der Waals surface area contributed by atoms with Gasteiger partial charge in [0, 0.05) is 22.8 Å². The van der Waals surface area contributed by atoms with E-state index in [0.29, 0.717) is 23.5 Å². The molecule has 1 aromatic carbocycles. The van der Waals surface area contributed by atoms with Crippen molar-refractivity contribution in [3.05, 3.63) is 56.8 Å². The Kier molecular flexibility index (Phi) is 9.41. The summed E-state index contributed by atoms with van der Waals surface area (Å²) < 4.78 is 29.6. The van der Waals surface area contributed by atoms with Crippen molar-refractivity contribution in [1.82, 2.24) is 0 Å². The molecule has 0 aliphatic rings. The molecule has 0 aliphatic heterocycles. The predicted molar refractivity (Wildman–Crippen MR) is 123 cm³/mol. The molecule has 0 aliphatic carbocycles. The molecule has 2 rings (SSSR count). The molecule has 164 valence electrons. The van der Waals surface area contributed by atoms with Gasteiger partial charge in [-0.2, -0.15) is 5.26 Å². The summed E-state index contributed by atoms with van der Waals surface area (Å²) in [5.41, 5.74) is 0.0755. The van der Waals surface area contributed by atoms with E-state index in [1.54, 1.807) is 35.3 Å². The number of carboxylic acid groups (broad SMARTS) is 1. The predicted octanol–water partition coefficient (Wildman–Crippen LogP) is 6.59. The Labute approximate surface area is 185 Å². The standard InChI is InChI=1S/C24H26F2N2O2S/c1-3-5-11-28(12-6-4-2)23-21(25)13-17(14-22(23)26)7-8-19-9-10-20(31-19)15-18(16-27)24(29)30/h7-10,13-15H,3-6,11-12H2,1-2H3,(H,29,30)/b8-7+,18-15+. The average molecular weight is 445 g/mol. The summed E-state index contributed by atoms with van der Waals surface area (Å²) in [6.45, 7) is 5.33. The van der Waals surface area contributed by atoms with Crippen LogP contribution in [-0.4, -0.2) is 24.2 Å². The number of benzene rings is 1. The van der Waals surface area contributed by atoms with Crippen molar-refractivity contribution in [2.75, 3.05) is 18.0 Å². The molecule has 1 N–H and O–H groups in total. The second-order valence-corrected chi connectivity index (χ2v) is 8.22. The highest BCUT2D eigenvalue weighted by molar-refractivity contribution is 7.13. The smallest absolute Gasteiger partial charge is 0.346 e. The lowest BCUT2D eigenvalue weighted by molar-refractivity contribution is -0.132. The van der Waals surface area contributed by atoms with Gasteiger partial charge in [0.2, 0.25) is 0 Å². The molecular weight excluding hydrogens is 418 g/mol. The molecule has 0 amide bonds. The third-order valence-corrected chi connectivity index (χ3v) is 5.64. The van der Waals surface area contributed by atoms with Gasteiger partial charge in [0.25, 0.3) is 0 Å². The van der Waals surface area contributed by atoms with Crippen LogP contribution in [0.4, 0.5) is 14.5 Å². The Morgan fingerprint density at radius 3 is 2.19 bits per heavy atom. The number of aliphatic carboxylic acids is 1. The van der Waals surface area contributed by atoms with Crippen molar-refractivity contribution in [2.24, 2.45) is 0 Å². The van der Waals surface area contributed by atoms with Crippen LogP contribution < -0.4 is 4.90 Å². The number of carboxylic acids is 1. The van der Waals surface area contributed by atoms with Gasteiger partial charge in [-0.15, -0.1) is 11.3 Å². The maximum Gasteiger partial charge on any atom is 0.346 e. The highest BCUT2D eigenvalue weighted by atomic mass is 32.1. The van der Waals surface area contributed by atoms with E-state index in [1.807, 2.05) is 13.8 Å². The number of hydrogen-bond donors (Lipinski definition) is 1. The molecule has 0 atom stereocenters. The Morgan fingerprint density at radius 1 is 1.10 bits per heavy atom. The van der Waals surface area contributed by atoms with Crippen LogP contribution >= 0.6 is 11.3 Å². The molecule has 4 nitrogen and oxygen atoms in total. The van der Waals surface area contributed by atoms with E-state index in [4.69, 9.17) is 10.4 Å². The highest BCUT2D eigenvalue weighted by Crippen LogP contribution is 2.28. The number of anilines is 1. The van der Waals surface area contributed by atoms with E-state index in [2.05, 4.69) is 0 Å². The van der Waals surface area contributed by atoms with Crippen LogP contribution in [-0.2, 0) is 4.79 Å². The molecule has 7 heteroatoms. The Morgan fingerprint density at radius 2 is 1.68 bits per heavy atom. The minimum atomic E-state index is -1.29.